The summed E-state index contributed by atoms with van der Waals surface area (Å²) >= 11 is 12.0. The molecule has 1 atom stereocenters. The zero-order valence-corrected chi connectivity index (χ0v) is 13.6. The first kappa shape index (κ1) is 16.4. The van der Waals surface area contributed by atoms with Gasteiger partial charge in [-0.3, -0.25) is 4.79 Å². The van der Waals surface area contributed by atoms with Crippen molar-refractivity contribution in [1.82, 2.24) is 5.32 Å². The van der Waals surface area contributed by atoms with Crippen molar-refractivity contribution in [2.45, 2.75) is 38.5 Å². The summed E-state index contributed by atoms with van der Waals surface area (Å²) in [5.74, 6) is 0.577. The Hall–Kier alpha value is -0.990. The molecule has 1 amide bonds. The van der Waals surface area contributed by atoms with Crippen LogP contribution in [0.2, 0.25) is 10.0 Å². The molecule has 1 fully saturated rings. The van der Waals surface area contributed by atoms with Gasteiger partial charge in [-0.05, 0) is 56.6 Å². The smallest absolute Gasteiger partial charge is 0.252 e. The highest BCUT2D eigenvalue weighted by molar-refractivity contribution is 6.43. The largest absolute Gasteiger partial charge is 0.352 e. The maximum atomic E-state index is 12.1. The van der Waals surface area contributed by atoms with Gasteiger partial charge in [0.2, 0.25) is 0 Å². The van der Waals surface area contributed by atoms with Gasteiger partial charge in [-0.2, -0.15) is 0 Å². The Morgan fingerprint density at radius 2 is 2.19 bits per heavy atom. The number of carbonyl (C=O) groups is 1. The molecule has 114 valence electrons. The van der Waals surface area contributed by atoms with Crippen LogP contribution < -0.4 is 5.32 Å². The molecule has 1 aromatic rings. The van der Waals surface area contributed by atoms with Crippen LogP contribution in [0.4, 0.5) is 0 Å². The number of allylic oxidation sites excluding steroid dienone is 1. The van der Waals surface area contributed by atoms with E-state index in [2.05, 4.69) is 11.9 Å². The van der Waals surface area contributed by atoms with Gasteiger partial charge in [0.1, 0.15) is 0 Å². The van der Waals surface area contributed by atoms with E-state index < -0.39 is 0 Å². The van der Waals surface area contributed by atoms with Crippen molar-refractivity contribution < 1.29 is 4.79 Å². The third-order valence-corrected chi connectivity index (χ3v) is 4.81. The molecule has 2 rings (SSSR count). The number of amides is 1. The minimum Gasteiger partial charge on any atom is -0.352 e. The van der Waals surface area contributed by atoms with Gasteiger partial charge in [0, 0.05) is 6.54 Å². The van der Waals surface area contributed by atoms with Crippen molar-refractivity contribution in [3.8, 4) is 0 Å². The van der Waals surface area contributed by atoms with Crippen molar-refractivity contribution in [1.29, 1.82) is 0 Å². The van der Waals surface area contributed by atoms with Crippen molar-refractivity contribution in [3.63, 3.8) is 0 Å². The number of hydrogen-bond donors (Lipinski definition) is 1. The fourth-order valence-electron chi connectivity index (χ4n) is 2.87. The van der Waals surface area contributed by atoms with E-state index in [1.807, 2.05) is 0 Å². The van der Waals surface area contributed by atoms with E-state index in [4.69, 9.17) is 23.2 Å². The van der Waals surface area contributed by atoms with Crippen LogP contribution in [0, 0.1) is 5.92 Å². The molecule has 0 spiro atoms. The Labute approximate surface area is 136 Å². The Balaban J connectivity index is 1.74. The van der Waals surface area contributed by atoms with E-state index in [0.717, 1.165) is 25.2 Å². The van der Waals surface area contributed by atoms with Crippen LogP contribution in [-0.2, 0) is 0 Å². The van der Waals surface area contributed by atoms with Gasteiger partial charge in [-0.15, -0.1) is 0 Å². The second-order valence-corrected chi connectivity index (χ2v) is 6.50. The van der Waals surface area contributed by atoms with Gasteiger partial charge in [0.05, 0.1) is 15.6 Å². The van der Waals surface area contributed by atoms with Crippen LogP contribution in [0.1, 0.15) is 48.9 Å². The molecule has 1 aromatic carbocycles. The van der Waals surface area contributed by atoms with Crippen molar-refractivity contribution in [2.75, 3.05) is 6.54 Å². The maximum Gasteiger partial charge on any atom is 0.252 e. The third-order valence-electron chi connectivity index (χ3n) is 3.99. The molecule has 1 saturated carbocycles. The molecule has 1 N–H and O–H groups in total. The minimum absolute atomic E-state index is 0.157. The van der Waals surface area contributed by atoms with E-state index >= 15 is 0 Å². The summed E-state index contributed by atoms with van der Waals surface area (Å²) in [6, 6.07) is 5.10. The molecule has 0 saturated heterocycles. The Bertz CT molecular complexity index is 528. The first-order valence-corrected chi connectivity index (χ1v) is 8.22. The molecule has 0 aliphatic heterocycles. The first-order valence-electron chi connectivity index (χ1n) is 7.47. The predicted octanol–water partition coefficient (Wildman–Crippen LogP) is 5.25. The lowest BCUT2D eigenvalue weighted by atomic mass is 9.83. The monoisotopic (exact) mass is 325 g/mol. The van der Waals surface area contributed by atoms with Crippen molar-refractivity contribution >= 4 is 29.1 Å². The molecule has 2 nitrogen and oxygen atoms in total. The van der Waals surface area contributed by atoms with E-state index in [0.29, 0.717) is 22.2 Å². The zero-order valence-electron chi connectivity index (χ0n) is 12.1. The molecule has 1 unspecified atom stereocenters. The van der Waals surface area contributed by atoms with Crippen LogP contribution >= 0.6 is 23.2 Å². The SMILES string of the molecule is C=C1CCCC(CCCNC(=O)c2cccc(Cl)c2Cl)C1. The number of hydrogen-bond acceptors (Lipinski definition) is 1. The van der Waals surface area contributed by atoms with E-state index in [-0.39, 0.29) is 5.91 Å². The van der Waals surface area contributed by atoms with Gasteiger partial charge in [0.15, 0.2) is 0 Å². The maximum absolute atomic E-state index is 12.1. The van der Waals surface area contributed by atoms with Gasteiger partial charge in [-0.25, -0.2) is 0 Å². The summed E-state index contributed by atoms with van der Waals surface area (Å²) in [4.78, 5) is 12.1. The number of halogens is 2. The Morgan fingerprint density at radius 3 is 2.95 bits per heavy atom. The Kier molecular flexibility index (Phi) is 6.13. The fraction of sp³-hybridized carbons (Fsp3) is 0.471. The Morgan fingerprint density at radius 1 is 1.38 bits per heavy atom. The number of rotatable bonds is 5. The fourth-order valence-corrected chi connectivity index (χ4v) is 3.25. The van der Waals surface area contributed by atoms with E-state index in [1.54, 1.807) is 18.2 Å². The topological polar surface area (TPSA) is 29.1 Å². The van der Waals surface area contributed by atoms with Gasteiger partial charge >= 0.3 is 0 Å². The van der Waals surface area contributed by atoms with E-state index in [9.17, 15) is 4.79 Å². The summed E-state index contributed by atoms with van der Waals surface area (Å²) in [6.45, 7) is 4.75. The lowest BCUT2D eigenvalue weighted by molar-refractivity contribution is 0.0952. The molecule has 0 aromatic heterocycles. The summed E-state index contributed by atoms with van der Waals surface area (Å²) in [7, 11) is 0. The second-order valence-electron chi connectivity index (χ2n) is 5.71. The standard InChI is InChI=1S/C17H21Cl2NO/c1-12-5-2-6-13(11-12)7-4-10-20-17(21)14-8-3-9-15(18)16(14)19/h3,8-9,13H,1-2,4-7,10-11H2,(H,20,21). The van der Waals surface area contributed by atoms with Crippen LogP contribution in [0.25, 0.3) is 0 Å². The summed E-state index contributed by atoms with van der Waals surface area (Å²) in [6.07, 6.45) is 7.00. The molecule has 1 aliphatic rings. The quantitative estimate of drug-likeness (QED) is 0.581. The summed E-state index contributed by atoms with van der Waals surface area (Å²) in [5, 5.41) is 3.64. The highest BCUT2D eigenvalue weighted by Crippen LogP contribution is 2.30. The number of carbonyl (C=O) groups excluding carboxylic acids is 1. The van der Waals surface area contributed by atoms with Gasteiger partial charge < -0.3 is 5.32 Å². The minimum atomic E-state index is -0.157. The molecule has 1 aliphatic carbocycles. The van der Waals surface area contributed by atoms with Crippen LogP contribution in [0.3, 0.4) is 0 Å². The molecule has 0 radical (unpaired) electrons. The average molecular weight is 326 g/mol. The van der Waals surface area contributed by atoms with Gasteiger partial charge in [0.25, 0.3) is 5.91 Å². The summed E-state index contributed by atoms with van der Waals surface area (Å²) < 4.78 is 0. The van der Waals surface area contributed by atoms with Crippen molar-refractivity contribution in [3.05, 3.63) is 46.0 Å². The van der Waals surface area contributed by atoms with Crippen molar-refractivity contribution in [2.24, 2.45) is 5.92 Å². The predicted molar refractivity (Wildman–Crippen MR) is 89.1 cm³/mol. The second kappa shape index (κ2) is 7.86. The third kappa shape index (κ3) is 4.76. The van der Waals surface area contributed by atoms with Crippen LogP contribution in [-0.4, -0.2) is 12.5 Å². The van der Waals surface area contributed by atoms with Gasteiger partial charge in [-0.1, -0.05) is 41.4 Å². The molecular formula is C17H21Cl2NO. The lowest BCUT2D eigenvalue weighted by Gasteiger charge is -2.23. The highest BCUT2D eigenvalue weighted by Gasteiger charge is 2.16. The summed E-state index contributed by atoms with van der Waals surface area (Å²) in [5.41, 5.74) is 1.82. The molecule has 0 bridgehead atoms. The van der Waals surface area contributed by atoms with E-state index in [1.165, 1.54) is 24.8 Å². The normalized spacial score (nSPS) is 18.6. The molecule has 0 heterocycles. The molecule has 21 heavy (non-hydrogen) atoms. The molecule has 4 heteroatoms. The zero-order chi connectivity index (χ0) is 15.2. The average Bonchev–Trinajstić information content (AvgIpc) is 2.46. The first-order chi connectivity index (χ1) is 10.1. The van der Waals surface area contributed by atoms with Crippen LogP contribution in [0.15, 0.2) is 30.4 Å². The number of nitrogens with one attached hydrogen (secondary N) is 1. The lowest BCUT2D eigenvalue weighted by Crippen LogP contribution is -2.25. The number of benzene rings is 1. The molecular weight excluding hydrogens is 305 g/mol. The van der Waals surface area contributed by atoms with Crippen LogP contribution in [0.5, 0.6) is 0 Å². The highest BCUT2D eigenvalue weighted by atomic mass is 35.5.